The summed E-state index contributed by atoms with van der Waals surface area (Å²) in [5.41, 5.74) is 3.51. The Hall–Kier alpha value is -2.47. The SMILES string of the molecule is CC(C)(C)OC(=O)N1CCC(OC2=CCNC3=C2CN(Cc2ccccc2)CC3)CC1. The van der Waals surface area contributed by atoms with E-state index in [1.165, 1.54) is 16.8 Å². The number of nitrogens with zero attached hydrogens (tertiary/aromatic N) is 2. The Balaban J connectivity index is 1.32. The quantitative estimate of drug-likeness (QED) is 0.789. The number of amides is 1. The van der Waals surface area contributed by atoms with Crippen molar-refractivity contribution < 1.29 is 14.3 Å². The van der Waals surface area contributed by atoms with Gasteiger partial charge in [-0.1, -0.05) is 30.3 Å². The molecule has 1 fully saturated rings. The van der Waals surface area contributed by atoms with E-state index in [0.29, 0.717) is 13.1 Å². The fraction of sp³-hybridized carbons (Fsp3) is 0.560. The fourth-order valence-corrected chi connectivity index (χ4v) is 4.39. The van der Waals surface area contributed by atoms with Gasteiger partial charge in [-0.15, -0.1) is 0 Å². The third kappa shape index (κ3) is 5.82. The molecule has 31 heavy (non-hydrogen) atoms. The third-order valence-electron chi connectivity index (χ3n) is 5.96. The number of nitrogens with one attached hydrogen (secondary N) is 1. The van der Waals surface area contributed by atoms with E-state index in [1.807, 2.05) is 20.8 Å². The van der Waals surface area contributed by atoms with E-state index in [4.69, 9.17) is 9.47 Å². The van der Waals surface area contributed by atoms with Gasteiger partial charge in [0, 0.05) is 69.8 Å². The van der Waals surface area contributed by atoms with Crippen LogP contribution in [-0.2, 0) is 16.0 Å². The molecule has 3 heterocycles. The van der Waals surface area contributed by atoms with Crippen LogP contribution in [0.5, 0.6) is 0 Å². The Morgan fingerprint density at radius 3 is 2.58 bits per heavy atom. The number of piperidine rings is 1. The molecule has 6 heteroatoms. The summed E-state index contributed by atoms with van der Waals surface area (Å²) < 4.78 is 12.0. The monoisotopic (exact) mass is 425 g/mol. The minimum atomic E-state index is -0.459. The first-order valence-corrected chi connectivity index (χ1v) is 11.4. The number of hydrogen-bond acceptors (Lipinski definition) is 5. The first-order chi connectivity index (χ1) is 14.9. The molecule has 1 amide bonds. The van der Waals surface area contributed by atoms with E-state index in [0.717, 1.165) is 51.2 Å². The first-order valence-electron chi connectivity index (χ1n) is 11.4. The van der Waals surface area contributed by atoms with Gasteiger partial charge < -0.3 is 19.7 Å². The average molecular weight is 426 g/mol. The van der Waals surface area contributed by atoms with Crippen LogP contribution in [0.4, 0.5) is 4.79 Å². The van der Waals surface area contributed by atoms with Gasteiger partial charge >= 0.3 is 6.09 Å². The summed E-state index contributed by atoms with van der Waals surface area (Å²) in [6.45, 7) is 10.8. The van der Waals surface area contributed by atoms with Crippen LogP contribution in [0.1, 0.15) is 45.6 Å². The van der Waals surface area contributed by atoms with Crippen LogP contribution >= 0.6 is 0 Å². The van der Waals surface area contributed by atoms with E-state index in [2.05, 4.69) is 46.6 Å². The largest absolute Gasteiger partial charge is 0.490 e. The van der Waals surface area contributed by atoms with E-state index < -0.39 is 5.60 Å². The molecule has 4 rings (SSSR count). The number of rotatable bonds is 4. The molecule has 3 aliphatic rings. The molecule has 3 aliphatic heterocycles. The number of hydrogen-bond donors (Lipinski definition) is 1. The normalized spacial score (nSPS) is 20.6. The van der Waals surface area contributed by atoms with Gasteiger partial charge in [0.1, 0.15) is 17.5 Å². The summed E-state index contributed by atoms with van der Waals surface area (Å²) in [7, 11) is 0. The van der Waals surface area contributed by atoms with Crippen molar-refractivity contribution in [1.29, 1.82) is 0 Å². The number of carbonyl (C=O) groups is 1. The summed E-state index contributed by atoms with van der Waals surface area (Å²) in [6.07, 6.45) is 4.79. The van der Waals surface area contributed by atoms with Crippen molar-refractivity contribution in [2.45, 2.75) is 58.3 Å². The maximum absolute atomic E-state index is 12.3. The van der Waals surface area contributed by atoms with Gasteiger partial charge in [0.25, 0.3) is 0 Å². The molecule has 0 atom stereocenters. The Bertz CT molecular complexity index is 833. The minimum Gasteiger partial charge on any atom is -0.490 e. The number of benzene rings is 1. The second kappa shape index (κ2) is 9.35. The molecular weight excluding hydrogens is 390 g/mol. The molecule has 1 aromatic rings. The number of likely N-dealkylation sites (tertiary alicyclic amines) is 1. The van der Waals surface area contributed by atoms with Crippen LogP contribution in [0.3, 0.4) is 0 Å². The van der Waals surface area contributed by atoms with Crippen molar-refractivity contribution >= 4 is 6.09 Å². The molecule has 0 radical (unpaired) electrons. The van der Waals surface area contributed by atoms with Crippen molar-refractivity contribution in [3.05, 3.63) is 59.0 Å². The zero-order valence-corrected chi connectivity index (χ0v) is 19.0. The Labute approximate surface area is 185 Å². The highest BCUT2D eigenvalue weighted by Crippen LogP contribution is 2.29. The van der Waals surface area contributed by atoms with Gasteiger partial charge in [0.05, 0.1) is 0 Å². The van der Waals surface area contributed by atoms with Gasteiger partial charge in [-0.25, -0.2) is 4.79 Å². The molecule has 0 aliphatic carbocycles. The number of ether oxygens (including phenoxy) is 2. The van der Waals surface area contributed by atoms with E-state index in [1.54, 1.807) is 4.90 Å². The molecule has 0 spiro atoms. The van der Waals surface area contributed by atoms with Crippen LogP contribution < -0.4 is 5.32 Å². The molecule has 1 saturated heterocycles. The predicted octanol–water partition coefficient (Wildman–Crippen LogP) is 4.05. The summed E-state index contributed by atoms with van der Waals surface area (Å²) >= 11 is 0. The molecule has 1 N–H and O–H groups in total. The molecule has 0 saturated carbocycles. The predicted molar refractivity (Wildman–Crippen MR) is 121 cm³/mol. The molecule has 0 aromatic heterocycles. The van der Waals surface area contributed by atoms with E-state index in [-0.39, 0.29) is 12.2 Å². The Morgan fingerprint density at radius 1 is 1.13 bits per heavy atom. The maximum Gasteiger partial charge on any atom is 0.410 e. The van der Waals surface area contributed by atoms with Crippen molar-refractivity contribution in [2.24, 2.45) is 0 Å². The standard InChI is InChI=1S/C25H35N3O3/c1-25(2,3)31-24(29)28-15-10-20(11-16-28)30-23-9-13-26-22-12-14-27(18-21(22)23)17-19-7-5-4-6-8-19/h4-9,20,26H,10-18H2,1-3H3. The van der Waals surface area contributed by atoms with Crippen molar-refractivity contribution in [3.8, 4) is 0 Å². The van der Waals surface area contributed by atoms with Crippen molar-refractivity contribution in [1.82, 2.24) is 15.1 Å². The van der Waals surface area contributed by atoms with Gasteiger partial charge in [-0.2, -0.15) is 0 Å². The first kappa shape index (κ1) is 21.8. The lowest BCUT2D eigenvalue weighted by Gasteiger charge is -2.37. The second-order valence-corrected chi connectivity index (χ2v) is 9.64. The summed E-state index contributed by atoms with van der Waals surface area (Å²) in [5.74, 6) is 1.03. The van der Waals surface area contributed by atoms with E-state index >= 15 is 0 Å². The minimum absolute atomic E-state index is 0.140. The van der Waals surface area contributed by atoms with Crippen LogP contribution in [0.15, 0.2) is 53.4 Å². The second-order valence-electron chi connectivity index (χ2n) is 9.64. The Morgan fingerprint density at radius 2 is 1.87 bits per heavy atom. The highest BCUT2D eigenvalue weighted by atomic mass is 16.6. The Kier molecular flexibility index (Phi) is 6.56. The zero-order valence-electron chi connectivity index (χ0n) is 19.0. The van der Waals surface area contributed by atoms with Crippen molar-refractivity contribution in [2.75, 3.05) is 32.7 Å². The molecule has 0 unspecified atom stereocenters. The van der Waals surface area contributed by atoms with Gasteiger partial charge in [0.2, 0.25) is 0 Å². The zero-order chi connectivity index (χ0) is 21.8. The average Bonchev–Trinajstić information content (AvgIpc) is 2.74. The topological polar surface area (TPSA) is 54.0 Å². The van der Waals surface area contributed by atoms with Gasteiger partial charge in [-0.05, 0) is 32.4 Å². The van der Waals surface area contributed by atoms with Crippen LogP contribution in [-0.4, -0.2) is 60.3 Å². The van der Waals surface area contributed by atoms with Crippen molar-refractivity contribution in [3.63, 3.8) is 0 Å². The highest BCUT2D eigenvalue weighted by Gasteiger charge is 2.30. The molecular formula is C25H35N3O3. The summed E-state index contributed by atoms with van der Waals surface area (Å²) in [6, 6.07) is 10.6. The molecule has 6 nitrogen and oxygen atoms in total. The summed E-state index contributed by atoms with van der Waals surface area (Å²) in [4.78, 5) is 16.6. The van der Waals surface area contributed by atoms with Gasteiger partial charge in [-0.3, -0.25) is 4.90 Å². The lowest BCUT2D eigenvalue weighted by atomic mass is 9.99. The molecule has 1 aromatic carbocycles. The third-order valence-corrected chi connectivity index (χ3v) is 5.96. The number of carbonyl (C=O) groups excluding carboxylic acids is 1. The smallest absolute Gasteiger partial charge is 0.410 e. The molecule has 0 bridgehead atoms. The van der Waals surface area contributed by atoms with Crippen LogP contribution in [0.2, 0.25) is 0 Å². The number of dihydropyridines is 1. The highest BCUT2D eigenvalue weighted by molar-refractivity contribution is 5.68. The maximum atomic E-state index is 12.3. The fourth-order valence-electron chi connectivity index (χ4n) is 4.39. The van der Waals surface area contributed by atoms with Gasteiger partial charge in [0.15, 0.2) is 0 Å². The van der Waals surface area contributed by atoms with Crippen LogP contribution in [0, 0.1) is 0 Å². The van der Waals surface area contributed by atoms with E-state index in [9.17, 15) is 4.79 Å². The lowest BCUT2D eigenvalue weighted by Crippen LogP contribution is -2.44. The lowest BCUT2D eigenvalue weighted by molar-refractivity contribution is 0.00457. The van der Waals surface area contributed by atoms with Crippen LogP contribution in [0.25, 0.3) is 0 Å². The summed E-state index contributed by atoms with van der Waals surface area (Å²) in [5, 5.41) is 3.54. The molecule has 168 valence electrons.